The van der Waals surface area contributed by atoms with E-state index in [0.29, 0.717) is 11.5 Å². The van der Waals surface area contributed by atoms with Gasteiger partial charge in [-0.2, -0.15) is 0 Å². The van der Waals surface area contributed by atoms with Crippen molar-refractivity contribution in [3.63, 3.8) is 0 Å². The molecule has 0 unspecified atom stereocenters. The van der Waals surface area contributed by atoms with Crippen LogP contribution in [0.1, 0.15) is 12.5 Å². The average Bonchev–Trinajstić information content (AvgIpc) is 2.91. The number of fused-ring (bicyclic) bond motifs is 1. The summed E-state index contributed by atoms with van der Waals surface area (Å²) in [5.41, 5.74) is 9.37. The van der Waals surface area contributed by atoms with Gasteiger partial charge in [0.15, 0.2) is 17.3 Å². The Labute approximate surface area is 103 Å². The van der Waals surface area contributed by atoms with E-state index in [2.05, 4.69) is 26.0 Å². The predicted molar refractivity (Wildman–Crippen MR) is 67.8 cm³/mol. The van der Waals surface area contributed by atoms with Gasteiger partial charge in [0.25, 0.3) is 0 Å². The first kappa shape index (κ1) is 10.8. The second-order valence-electron chi connectivity index (χ2n) is 4.17. The lowest BCUT2D eigenvalue weighted by Crippen LogP contribution is -1.99. The number of imidazole rings is 1. The monoisotopic (exact) mass is 243 g/mol. The first-order valence-electron chi connectivity index (χ1n) is 5.76. The smallest absolute Gasteiger partial charge is 0.199 e. The standard InChI is InChI=1S/C12H13N5O/c1-3-17-9-5-4-7(2)6-8(9)14-12(17)10-11(13)16-18-15-10/h4-6H,3H2,1-2H3,(H2,13,16). The van der Waals surface area contributed by atoms with Crippen molar-refractivity contribution in [1.29, 1.82) is 0 Å². The molecule has 2 aromatic heterocycles. The highest BCUT2D eigenvalue weighted by molar-refractivity contribution is 5.82. The maximum absolute atomic E-state index is 5.73. The molecule has 3 aromatic rings. The number of nitrogens with zero attached hydrogens (tertiary/aromatic N) is 4. The number of nitrogens with two attached hydrogens (primary N) is 1. The van der Waals surface area contributed by atoms with Crippen molar-refractivity contribution in [2.45, 2.75) is 20.4 Å². The molecule has 1 aromatic carbocycles. The molecule has 0 aliphatic rings. The summed E-state index contributed by atoms with van der Waals surface area (Å²) in [5.74, 6) is 0.952. The summed E-state index contributed by atoms with van der Waals surface area (Å²) in [6, 6.07) is 6.15. The molecule has 0 amide bonds. The van der Waals surface area contributed by atoms with Crippen molar-refractivity contribution >= 4 is 16.9 Å². The summed E-state index contributed by atoms with van der Waals surface area (Å²) in [7, 11) is 0. The topological polar surface area (TPSA) is 82.8 Å². The molecular formula is C12H13N5O. The lowest BCUT2D eigenvalue weighted by molar-refractivity contribution is 0.310. The summed E-state index contributed by atoms with van der Waals surface area (Å²) < 4.78 is 6.69. The van der Waals surface area contributed by atoms with Crippen molar-refractivity contribution < 1.29 is 4.63 Å². The minimum atomic E-state index is 0.261. The van der Waals surface area contributed by atoms with Crippen LogP contribution in [0.5, 0.6) is 0 Å². The van der Waals surface area contributed by atoms with Gasteiger partial charge in [-0.05, 0) is 41.9 Å². The first-order chi connectivity index (χ1) is 8.70. The van der Waals surface area contributed by atoms with E-state index in [4.69, 9.17) is 5.73 Å². The normalized spacial score (nSPS) is 11.2. The van der Waals surface area contributed by atoms with Gasteiger partial charge in [-0.1, -0.05) is 6.07 Å². The number of anilines is 1. The lowest BCUT2D eigenvalue weighted by atomic mass is 10.2. The summed E-state index contributed by atoms with van der Waals surface area (Å²) in [6.07, 6.45) is 0. The lowest BCUT2D eigenvalue weighted by Gasteiger charge is -2.03. The Balaban J connectivity index is 2.32. The van der Waals surface area contributed by atoms with E-state index in [9.17, 15) is 0 Å². The second kappa shape index (κ2) is 3.83. The van der Waals surface area contributed by atoms with E-state index in [-0.39, 0.29) is 5.82 Å². The quantitative estimate of drug-likeness (QED) is 0.744. The van der Waals surface area contributed by atoms with E-state index in [1.165, 1.54) is 5.56 Å². The molecule has 0 radical (unpaired) electrons. The minimum Gasteiger partial charge on any atom is -0.379 e. The van der Waals surface area contributed by atoms with Gasteiger partial charge in [0.05, 0.1) is 11.0 Å². The van der Waals surface area contributed by atoms with Crippen LogP contribution in [0.3, 0.4) is 0 Å². The van der Waals surface area contributed by atoms with Crippen molar-refractivity contribution in [1.82, 2.24) is 19.9 Å². The zero-order valence-electron chi connectivity index (χ0n) is 10.2. The van der Waals surface area contributed by atoms with Crippen LogP contribution < -0.4 is 5.73 Å². The number of aryl methyl sites for hydroxylation is 2. The van der Waals surface area contributed by atoms with Gasteiger partial charge in [0, 0.05) is 6.54 Å². The summed E-state index contributed by atoms with van der Waals surface area (Å²) in [6.45, 7) is 4.87. The highest BCUT2D eigenvalue weighted by Gasteiger charge is 2.17. The molecule has 2 N–H and O–H groups in total. The number of hydrogen-bond donors (Lipinski definition) is 1. The Morgan fingerprint density at radius 3 is 2.83 bits per heavy atom. The van der Waals surface area contributed by atoms with Crippen LogP contribution in [0.2, 0.25) is 0 Å². The van der Waals surface area contributed by atoms with Crippen LogP contribution in [-0.2, 0) is 6.54 Å². The van der Waals surface area contributed by atoms with Crippen LogP contribution >= 0.6 is 0 Å². The molecular weight excluding hydrogens is 230 g/mol. The third-order valence-electron chi connectivity index (χ3n) is 2.95. The van der Waals surface area contributed by atoms with Crippen LogP contribution in [0.4, 0.5) is 5.82 Å². The van der Waals surface area contributed by atoms with Gasteiger partial charge >= 0.3 is 0 Å². The molecule has 6 nitrogen and oxygen atoms in total. The Morgan fingerprint density at radius 1 is 1.33 bits per heavy atom. The molecule has 0 fully saturated rings. The van der Waals surface area contributed by atoms with Gasteiger partial charge in [-0.25, -0.2) is 9.61 Å². The second-order valence-corrected chi connectivity index (χ2v) is 4.17. The zero-order valence-corrected chi connectivity index (χ0v) is 10.2. The van der Waals surface area contributed by atoms with Crippen molar-refractivity contribution in [3.8, 4) is 11.5 Å². The van der Waals surface area contributed by atoms with Crippen LogP contribution in [0, 0.1) is 6.92 Å². The maximum atomic E-state index is 5.73. The average molecular weight is 243 g/mol. The molecule has 0 saturated heterocycles. The van der Waals surface area contributed by atoms with E-state index in [1.54, 1.807) is 0 Å². The van der Waals surface area contributed by atoms with E-state index < -0.39 is 0 Å². The van der Waals surface area contributed by atoms with Gasteiger partial charge in [0.1, 0.15) is 0 Å². The van der Waals surface area contributed by atoms with Crippen molar-refractivity contribution in [3.05, 3.63) is 23.8 Å². The first-order valence-corrected chi connectivity index (χ1v) is 5.76. The molecule has 6 heteroatoms. The van der Waals surface area contributed by atoms with Crippen molar-refractivity contribution in [2.24, 2.45) is 0 Å². The highest BCUT2D eigenvalue weighted by Crippen LogP contribution is 2.26. The maximum Gasteiger partial charge on any atom is 0.199 e. The third-order valence-corrected chi connectivity index (χ3v) is 2.95. The molecule has 0 aliphatic carbocycles. The Bertz CT molecular complexity index is 712. The summed E-state index contributed by atoms with van der Waals surface area (Å²) >= 11 is 0. The molecule has 92 valence electrons. The van der Waals surface area contributed by atoms with Crippen LogP contribution in [-0.4, -0.2) is 19.9 Å². The number of benzene rings is 1. The zero-order chi connectivity index (χ0) is 12.7. The Kier molecular flexibility index (Phi) is 2.29. The largest absolute Gasteiger partial charge is 0.379 e. The number of nitrogen functional groups attached to an aromatic ring is 1. The molecule has 0 atom stereocenters. The number of rotatable bonds is 2. The van der Waals surface area contributed by atoms with Crippen LogP contribution in [0.25, 0.3) is 22.6 Å². The predicted octanol–water partition coefficient (Wildman–Crippen LogP) is 2.00. The molecule has 0 spiro atoms. The van der Waals surface area contributed by atoms with Crippen LogP contribution in [0.15, 0.2) is 22.8 Å². The minimum absolute atomic E-state index is 0.261. The number of aromatic nitrogens is 4. The van der Waals surface area contributed by atoms with E-state index in [0.717, 1.165) is 17.6 Å². The molecule has 18 heavy (non-hydrogen) atoms. The van der Waals surface area contributed by atoms with E-state index >= 15 is 0 Å². The van der Waals surface area contributed by atoms with E-state index in [1.807, 2.05) is 30.5 Å². The number of hydrogen-bond acceptors (Lipinski definition) is 5. The highest BCUT2D eigenvalue weighted by atomic mass is 16.6. The summed E-state index contributed by atoms with van der Waals surface area (Å²) in [4.78, 5) is 4.57. The molecule has 3 rings (SSSR count). The fourth-order valence-corrected chi connectivity index (χ4v) is 2.09. The Hall–Kier alpha value is -2.37. The SMILES string of the molecule is CCn1c(-c2nonc2N)nc2cc(C)ccc21. The van der Waals surface area contributed by atoms with Gasteiger partial charge in [-0.15, -0.1) is 0 Å². The van der Waals surface area contributed by atoms with Crippen molar-refractivity contribution in [2.75, 3.05) is 5.73 Å². The third kappa shape index (κ3) is 1.46. The fourth-order valence-electron chi connectivity index (χ4n) is 2.09. The fraction of sp³-hybridized carbons (Fsp3) is 0.250. The molecule has 0 saturated carbocycles. The molecule has 0 aliphatic heterocycles. The molecule has 0 bridgehead atoms. The molecule has 2 heterocycles. The van der Waals surface area contributed by atoms with Gasteiger partial charge in [0.2, 0.25) is 0 Å². The summed E-state index contributed by atoms with van der Waals surface area (Å²) in [5, 5.41) is 7.41. The Morgan fingerprint density at radius 2 is 2.17 bits per heavy atom. The van der Waals surface area contributed by atoms with Gasteiger partial charge in [-0.3, -0.25) is 0 Å². The van der Waals surface area contributed by atoms with Gasteiger partial charge < -0.3 is 10.3 Å².